The van der Waals surface area contributed by atoms with Crippen molar-refractivity contribution >= 4 is 17.3 Å². The molecular formula is C20H26N2O4. The van der Waals surface area contributed by atoms with E-state index in [-0.39, 0.29) is 5.91 Å². The summed E-state index contributed by atoms with van der Waals surface area (Å²) in [5.74, 6) is 1.74. The fourth-order valence-corrected chi connectivity index (χ4v) is 2.39. The fourth-order valence-electron chi connectivity index (χ4n) is 2.39. The molecule has 1 atom stereocenters. The summed E-state index contributed by atoms with van der Waals surface area (Å²) in [6.07, 6.45) is 0.920. The number of benzene rings is 2. The first-order valence-electron chi connectivity index (χ1n) is 8.60. The van der Waals surface area contributed by atoms with Crippen LogP contribution >= 0.6 is 0 Å². The van der Waals surface area contributed by atoms with Gasteiger partial charge < -0.3 is 24.8 Å². The molecule has 0 fully saturated rings. The van der Waals surface area contributed by atoms with Crippen LogP contribution in [0.3, 0.4) is 0 Å². The molecule has 0 spiro atoms. The average Bonchev–Trinajstić information content (AvgIpc) is 2.67. The molecule has 1 amide bonds. The summed E-state index contributed by atoms with van der Waals surface area (Å²) in [6.45, 7) is 4.48. The van der Waals surface area contributed by atoms with Crippen LogP contribution in [0.4, 0.5) is 11.4 Å². The van der Waals surface area contributed by atoms with Crippen molar-refractivity contribution in [3.8, 4) is 17.2 Å². The molecule has 2 N–H and O–H groups in total. The van der Waals surface area contributed by atoms with Crippen LogP contribution in [0.1, 0.15) is 20.3 Å². The van der Waals surface area contributed by atoms with E-state index in [1.165, 1.54) is 0 Å². The molecule has 140 valence electrons. The van der Waals surface area contributed by atoms with Crippen molar-refractivity contribution in [2.24, 2.45) is 0 Å². The minimum Gasteiger partial charge on any atom is -0.493 e. The second-order valence-electron chi connectivity index (χ2n) is 5.77. The predicted molar refractivity (Wildman–Crippen MR) is 103 cm³/mol. The molecule has 2 aromatic rings. The van der Waals surface area contributed by atoms with Crippen LogP contribution in [0.5, 0.6) is 17.2 Å². The van der Waals surface area contributed by atoms with Crippen molar-refractivity contribution in [2.45, 2.75) is 26.3 Å². The summed E-state index contributed by atoms with van der Waals surface area (Å²) in [5, 5.41) is 6.07. The van der Waals surface area contributed by atoms with Gasteiger partial charge in [-0.1, -0.05) is 19.1 Å². The van der Waals surface area contributed by atoms with Crippen molar-refractivity contribution in [3.05, 3.63) is 42.5 Å². The number of hydrogen-bond donors (Lipinski definition) is 2. The monoisotopic (exact) mass is 358 g/mol. The number of anilines is 2. The van der Waals surface area contributed by atoms with Crippen LogP contribution in [0.25, 0.3) is 0 Å². The third kappa shape index (κ3) is 5.05. The minimum absolute atomic E-state index is 0.164. The zero-order valence-electron chi connectivity index (χ0n) is 15.7. The second kappa shape index (κ2) is 9.56. The highest BCUT2D eigenvalue weighted by atomic mass is 16.5. The Hall–Kier alpha value is -2.89. The number of nitrogens with one attached hydrogen (secondary N) is 2. The van der Waals surface area contributed by atoms with Gasteiger partial charge in [-0.15, -0.1) is 0 Å². The third-order valence-electron chi connectivity index (χ3n) is 3.77. The van der Waals surface area contributed by atoms with Gasteiger partial charge in [0.25, 0.3) is 0 Å². The van der Waals surface area contributed by atoms with Crippen molar-refractivity contribution in [1.29, 1.82) is 0 Å². The quantitative estimate of drug-likeness (QED) is 0.711. The molecule has 26 heavy (non-hydrogen) atoms. The maximum atomic E-state index is 12.5. The first kappa shape index (κ1) is 19.4. The van der Waals surface area contributed by atoms with Crippen LogP contribution in [0.15, 0.2) is 42.5 Å². The molecule has 6 heteroatoms. The van der Waals surface area contributed by atoms with Crippen LogP contribution in [-0.4, -0.2) is 32.8 Å². The van der Waals surface area contributed by atoms with Gasteiger partial charge in [0.15, 0.2) is 11.5 Å². The molecule has 1 unspecified atom stereocenters. The van der Waals surface area contributed by atoms with Crippen molar-refractivity contribution in [1.82, 2.24) is 0 Å². The normalized spacial score (nSPS) is 11.4. The smallest absolute Gasteiger partial charge is 0.246 e. The summed E-state index contributed by atoms with van der Waals surface area (Å²) in [5.41, 5.74) is 1.42. The summed E-state index contributed by atoms with van der Waals surface area (Å²) in [4.78, 5) is 12.5. The molecule has 0 bridgehead atoms. The van der Waals surface area contributed by atoms with Gasteiger partial charge in [0, 0.05) is 11.8 Å². The Balaban J connectivity index is 2.04. The van der Waals surface area contributed by atoms with E-state index in [9.17, 15) is 4.79 Å². The summed E-state index contributed by atoms with van der Waals surface area (Å²) in [6, 6.07) is 12.4. The minimum atomic E-state index is -0.450. The lowest BCUT2D eigenvalue weighted by atomic mass is 10.2. The number of para-hydroxylation sites is 2. The molecule has 0 heterocycles. The van der Waals surface area contributed by atoms with Gasteiger partial charge in [0.2, 0.25) is 5.91 Å². The van der Waals surface area contributed by atoms with E-state index in [0.717, 1.165) is 17.9 Å². The van der Waals surface area contributed by atoms with Crippen molar-refractivity contribution in [2.75, 3.05) is 31.5 Å². The Labute approximate surface area is 154 Å². The maximum absolute atomic E-state index is 12.5. The standard InChI is InChI=1S/C20H26N2O4/c1-5-12-26-17-9-7-6-8-16(17)21-14(2)20(23)22-15-10-11-18(24-3)19(13-15)25-4/h6-11,13-14,21H,5,12H2,1-4H3,(H,22,23). The summed E-state index contributed by atoms with van der Waals surface area (Å²) in [7, 11) is 3.13. The Morgan fingerprint density at radius 2 is 1.77 bits per heavy atom. The lowest BCUT2D eigenvalue weighted by Gasteiger charge is -2.18. The first-order chi connectivity index (χ1) is 12.6. The SMILES string of the molecule is CCCOc1ccccc1NC(C)C(=O)Nc1ccc(OC)c(OC)c1. The van der Waals surface area contributed by atoms with Gasteiger partial charge in [-0.25, -0.2) is 0 Å². The van der Waals surface area contributed by atoms with Gasteiger partial charge in [0.1, 0.15) is 11.8 Å². The lowest BCUT2D eigenvalue weighted by molar-refractivity contribution is -0.116. The van der Waals surface area contributed by atoms with Crippen molar-refractivity contribution in [3.63, 3.8) is 0 Å². The van der Waals surface area contributed by atoms with E-state index >= 15 is 0 Å². The van der Waals surface area contributed by atoms with Crippen molar-refractivity contribution < 1.29 is 19.0 Å². The number of amides is 1. The summed E-state index contributed by atoms with van der Waals surface area (Å²) >= 11 is 0. The van der Waals surface area contributed by atoms with Crippen LogP contribution in [-0.2, 0) is 4.79 Å². The average molecular weight is 358 g/mol. The molecule has 0 radical (unpaired) electrons. The topological polar surface area (TPSA) is 68.8 Å². The number of carbonyl (C=O) groups excluding carboxylic acids is 1. The zero-order valence-corrected chi connectivity index (χ0v) is 15.7. The highest BCUT2D eigenvalue weighted by Gasteiger charge is 2.16. The van der Waals surface area contributed by atoms with Gasteiger partial charge in [-0.2, -0.15) is 0 Å². The van der Waals surface area contributed by atoms with Gasteiger partial charge >= 0.3 is 0 Å². The van der Waals surface area contributed by atoms with Crippen LogP contribution < -0.4 is 24.8 Å². The zero-order chi connectivity index (χ0) is 18.9. The van der Waals surface area contributed by atoms with E-state index < -0.39 is 6.04 Å². The molecule has 0 aromatic heterocycles. The Morgan fingerprint density at radius 3 is 2.46 bits per heavy atom. The molecule has 0 saturated heterocycles. The molecule has 0 aliphatic rings. The van der Waals surface area contributed by atoms with Crippen LogP contribution in [0, 0.1) is 0 Å². The number of rotatable bonds is 9. The third-order valence-corrected chi connectivity index (χ3v) is 3.77. The van der Waals surface area contributed by atoms with Gasteiger partial charge in [0.05, 0.1) is 26.5 Å². The van der Waals surface area contributed by atoms with E-state index in [1.807, 2.05) is 24.3 Å². The predicted octanol–water partition coefficient (Wildman–Crippen LogP) is 3.93. The fraction of sp³-hybridized carbons (Fsp3) is 0.350. The number of hydrogen-bond acceptors (Lipinski definition) is 5. The Kier molecular flexibility index (Phi) is 7.14. The van der Waals surface area contributed by atoms with Gasteiger partial charge in [-0.05, 0) is 37.6 Å². The van der Waals surface area contributed by atoms with Crippen LogP contribution in [0.2, 0.25) is 0 Å². The lowest BCUT2D eigenvalue weighted by Crippen LogP contribution is -2.32. The molecule has 2 aromatic carbocycles. The van der Waals surface area contributed by atoms with E-state index in [2.05, 4.69) is 17.6 Å². The van der Waals surface area contributed by atoms with Gasteiger partial charge in [-0.3, -0.25) is 4.79 Å². The van der Waals surface area contributed by atoms with E-state index in [0.29, 0.717) is 23.8 Å². The molecule has 0 aliphatic carbocycles. The molecule has 0 saturated carbocycles. The largest absolute Gasteiger partial charge is 0.493 e. The Bertz CT molecular complexity index is 734. The van der Waals surface area contributed by atoms with E-state index in [4.69, 9.17) is 14.2 Å². The Morgan fingerprint density at radius 1 is 1.04 bits per heavy atom. The van der Waals surface area contributed by atoms with E-state index in [1.54, 1.807) is 39.3 Å². The molecule has 0 aliphatic heterocycles. The molecular weight excluding hydrogens is 332 g/mol. The molecule has 6 nitrogen and oxygen atoms in total. The first-order valence-corrected chi connectivity index (χ1v) is 8.60. The molecule has 2 rings (SSSR count). The highest BCUT2D eigenvalue weighted by molar-refractivity contribution is 5.96. The number of carbonyl (C=O) groups is 1. The number of ether oxygens (including phenoxy) is 3. The highest BCUT2D eigenvalue weighted by Crippen LogP contribution is 2.30. The maximum Gasteiger partial charge on any atom is 0.246 e. The second-order valence-corrected chi connectivity index (χ2v) is 5.77. The summed E-state index contributed by atoms with van der Waals surface area (Å²) < 4.78 is 16.2. The number of methoxy groups -OCH3 is 2.